The molecule has 0 rings (SSSR count). The van der Waals surface area contributed by atoms with Crippen LogP contribution in [-0.2, 0) is 0 Å². The minimum atomic E-state index is -0.711. The molecule has 0 bridgehead atoms. The molecule has 4 N–H and O–H groups in total. The van der Waals surface area contributed by atoms with E-state index in [0.717, 1.165) is 23.7 Å². The van der Waals surface area contributed by atoms with Crippen molar-refractivity contribution in [2.75, 3.05) is 36.8 Å². The lowest BCUT2D eigenvalue weighted by atomic mass is 10.2. The van der Waals surface area contributed by atoms with Crippen molar-refractivity contribution in [2.24, 2.45) is 0 Å². The molecule has 6 heteroatoms. The molecule has 0 aliphatic carbocycles. The minimum Gasteiger partial charge on any atom is -0.389 e. The second kappa shape index (κ2) is 10.3. The van der Waals surface area contributed by atoms with Crippen LogP contribution in [0.1, 0.15) is 0 Å². The van der Waals surface area contributed by atoms with E-state index >= 15 is 0 Å². The number of hydrogen-bond donors (Lipinski definition) is 4. The Hall–Kier alpha value is 0.800. The molecule has 0 saturated heterocycles. The van der Waals surface area contributed by atoms with Crippen LogP contribution in [0, 0.1) is 0 Å². The van der Waals surface area contributed by atoms with E-state index in [9.17, 15) is 10.2 Å². The summed E-state index contributed by atoms with van der Waals surface area (Å²) in [5.41, 5.74) is 0. The van der Waals surface area contributed by atoms with Gasteiger partial charge in [0.05, 0.1) is 12.2 Å². The maximum Gasteiger partial charge on any atom is 0.0935 e. The number of halogens is 2. The van der Waals surface area contributed by atoms with Crippen molar-refractivity contribution in [3.05, 3.63) is 0 Å². The zero-order valence-corrected chi connectivity index (χ0v) is 11.2. The van der Waals surface area contributed by atoms with Crippen LogP contribution in [0.5, 0.6) is 0 Å². The Bertz CT molecular complexity index is 116. The second-order valence-corrected chi connectivity index (χ2v) is 4.51. The van der Waals surface area contributed by atoms with Crippen LogP contribution >= 0.6 is 31.9 Å². The monoisotopic (exact) mass is 332 g/mol. The quantitative estimate of drug-likeness (QED) is 0.345. The van der Waals surface area contributed by atoms with Crippen LogP contribution in [0.25, 0.3) is 0 Å². The third-order valence-electron chi connectivity index (χ3n) is 1.69. The van der Waals surface area contributed by atoms with Gasteiger partial charge in [0.25, 0.3) is 0 Å². The number of rotatable bonds is 9. The Morgan fingerprint density at radius 2 is 1.21 bits per heavy atom. The van der Waals surface area contributed by atoms with E-state index in [4.69, 9.17) is 0 Å². The third kappa shape index (κ3) is 8.14. The standard InChI is InChI=1S/C8H18Br2N2O2/c9-1-3-11-5-7(13)8(14)6-12-4-2-10/h7-8,11-14H,1-6H2/t7-,8-/m0/s1. The Balaban J connectivity index is 3.39. The third-order valence-corrected chi connectivity index (χ3v) is 2.49. The molecular formula is C8H18Br2N2O2. The first-order valence-corrected chi connectivity index (χ1v) is 6.86. The molecule has 0 aliphatic heterocycles. The molecule has 0 aromatic heterocycles. The molecule has 0 saturated carbocycles. The maximum absolute atomic E-state index is 9.46. The molecule has 0 fully saturated rings. The van der Waals surface area contributed by atoms with Gasteiger partial charge < -0.3 is 20.8 Å². The van der Waals surface area contributed by atoms with E-state index in [1.807, 2.05) is 0 Å². The molecule has 0 spiro atoms. The molecule has 0 aliphatic rings. The second-order valence-electron chi connectivity index (χ2n) is 2.92. The summed E-state index contributed by atoms with van der Waals surface area (Å²) in [6.45, 7) is 2.42. The normalized spacial score (nSPS) is 15.4. The van der Waals surface area contributed by atoms with E-state index in [2.05, 4.69) is 42.5 Å². The highest BCUT2D eigenvalue weighted by atomic mass is 79.9. The Labute approximate surface area is 102 Å². The lowest BCUT2D eigenvalue weighted by Crippen LogP contribution is -2.42. The van der Waals surface area contributed by atoms with Crippen molar-refractivity contribution in [2.45, 2.75) is 12.2 Å². The van der Waals surface area contributed by atoms with Gasteiger partial charge in [-0.2, -0.15) is 0 Å². The van der Waals surface area contributed by atoms with Crippen LogP contribution < -0.4 is 10.6 Å². The Morgan fingerprint density at radius 3 is 1.50 bits per heavy atom. The van der Waals surface area contributed by atoms with Crippen LogP contribution in [0.2, 0.25) is 0 Å². The summed E-state index contributed by atoms with van der Waals surface area (Å²) in [7, 11) is 0. The largest absolute Gasteiger partial charge is 0.389 e. The molecule has 4 nitrogen and oxygen atoms in total. The molecule has 14 heavy (non-hydrogen) atoms. The average Bonchev–Trinajstić information content (AvgIpc) is 2.18. The predicted molar refractivity (Wildman–Crippen MR) is 65.3 cm³/mol. The van der Waals surface area contributed by atoms with E-state index in [-0.39, 0.29) is 0 Å². The number of alkyl halides is 2. The average molecular weight is 334 g/mol. The molecule has 0 aromatic carbocycles. The van der Waals surface area contributed by atoms with Crippen LogP contribution in [-0.4, -0.2) is 59.3 Å². The molecule has 0 heterocycles. The lowest BCUT2D eigenvalue weighted by molar-refractivity contribution is 0.0216. The van der Waals surface area contributed by atoms with Crippen molar-refractivity contribution >= 4 is 31.9 Å². The van der Waals surface area contributed by atoms with E-state index in [1.54, 1.807) is 0 Å². The van der Waals surface area contributed by atoms with Gasteiger partial charge in [-0.3, -0.25) is 0 Å². The fourth-order valence-electron chi connectivity index (χ4n) is 0.906. The van der Waals surface area contributed by atoms with E-state index < -0.39 is 12.2 Å². The topological polar surface area (TPSA) is 64.5 Å². The molecule has 2 atom stereocenters. The zero-order chi connectivity index (χ0) is 10.8. The van der Waals surface area contributed by atoms with E-state index in [1.165, 1.54) is 0 Å². The van der Waals surface area contributed by atoms with Gasteiger partial charge in [0.1, 0.15) is 0 Å². The summed E-state index contributed by atoms with van der Waals surface area (Å²) in [4.78, 5) is 0. The van der Waals surface area contributed by atoms with Gasteiger partial charge in [0.2, 0.25) is 0 Å². The Morgan fingerprint density at radius 1 is 0.857 bits per heavy atom. The van der Waals surface area contributed by atoms with Crippen molar-refractivity contribution in [3.63, 3.8) is 0 Å². The predicted octanol–water partition coefficient (Wildman–Crippen LogP) is -0.323. The summed E-state index contributed by atoms with van der Waals surface area (Å²) in [6.07, 6.45) is -1.42. The van der Waals surface area contributed by atoms with E-state index in [0.29, 0.717) is 13.1 Å². The smallest absolute Gasteiger partial charge is 0.0935 e. The van der Waals surface area contributed by atoms with Crippen molar-refractivity contribution in [1.29, 1.82) is 0 Å². The first kappa shape index (κ1) is 14.8. The zero-order valence-electron chi connectivity index (χ0n) is 8.05. The molecule has 0 amide bonds. The fraction of sp³-hybridized carbons (Fsp3) is 1.00. The highest BCUT2D eigenvalue weighted by molar-refractivity contribution is 9.09. The van der Waals surface area contributed by atoms with Crippen molar-refractivity contribution in [1.82, 2.24) is 10.6 Å². The van der Waals surface area contributed by atoms with Crippen LogP contribution in [0.4, 0.5) is 0 Å². The van der Waals surface area contributed by atoms with Gasteiger partial charge >= 0.3 is 0 Å². The first-order chi connectivity index (χ1) is 6.72. The van der Waals surface area contributed by atoms with Crippen molar-refractivity contribution < 1.29 is 10.2 Å². The van der Waals surface area contributed by atoms with Gasteiger partial charge in [-0.05, 0) is 0 Å². The lowest BCUT2D eigenvalue weighted by Gasteiger charge is -2.18. The fourth-order valence-corrected chi connectivity index (χ4v) is 1.47. The molecule has 0 radical (unpaired) electrons. The Kier molecular flexibility index (Phi) is 10.9. The number of aliphatic hydroxyl groups excluding tert-OH is 2. The highest BCUT2D eigenvalue weighted by Gasteiger charge is 2.14. The molecular weight excluding hydrogens is 316 g/mol. The number of nitrogens with one attached hydrogen (secondary N) is 2. The minimum absolute atomic E-state index is 0.419. The molecule has 0 aromatic rings. The van der Waals surface area contributed by atoms with Gasteiger partial charge in [-0.25, -0.2) is 0 Å². The van der Waals surface area contributed by atoms with Gasteiger partial charge in [-0.15, -0.1) is 0 Å². The summed E-state index contributed by atoms with van der Waals surface area (Å²) < 4.78 is 0. The molecule has 86 valence electrons. The highest BCUT2D eigenvalue weighted by Crippen LogP contribution is 1.91. The van der Waals surface area contributed by atoms with Crippen molar-refractivity contribution in [3.8, 4) is 0 Å². The van der Waals surface area contributed by atoms with Gasteiger partial charge in [0, 0.05) is 36.8 Å². The number of aliphatic hydroxyl groups is 2. The first-order valence-electron chi connectivity index (χ1n) is 4.61. The van der Waals surface area contributed by atoms with Gasteiger partial charge in [-0.1, -0.05) is 31.9 Å². The van der Waals surface area contributed by atoms with Crippen LogP contribution in [0.3, 0.4) is 0 Å². The summed E-state index contributed by atoms with van der Waals surface area (Å²) in [6, 6.07) is 0. The number of hydrogen-bond acceptors (Lipinski definition) is 4. The SMILES string of the molecule is O[C@@H](CNCCBr)[C@@H](O)CNCCBr. The van der Waals surface area contributed by atoms with Gasteiger partial charge in [0.15, 0.2) is 0 Å². The molecule has 0 unspecified atom stereocenters. The summed E-state index contributed by atoms with van der Waals surface area (Å²) >= 11 is 6.53. The van der Waals surface area contributed by atoms with Crippen LogP contribution in [0.15, 0.2) is 0 Å². The maximum atomic E-state index is 9.46. The summed E-state index contributed by atoms with van der Waals surface area (Å²) in [5, 5.41) is 26.6. The summed E-state index contributed by atoms with van der Waals surface area (Å²) in [5.74, 6) is 0.